The molecule has 0 aliphatic rings. The third-order valence-corrected chi connectivity index (χ3v) is 4.31. The Labute approximate surface area is 128 Å². The number of nitrogens with two attached hydrogens (primary N) is 1. The van der Waals surface area contributed by atoms with Crippen LogP contribution in [0.5, 0.6) is 0 Å². The molecule has 0 aromatic carbocycles. The molecule has 0 saturated heterocycles. The summed E-state index contributed by atoms with van der Waals surface area (Å²) in [6.45, 7) is 5.95. The lowest BCUT2D eigenvalue weighted by Crippen LogP contribution is -2.36. The number of rotatable bonds is 6. The molecule has 21 heavy (non-hydrogen) atoms. The van der Waals surface area contributed by atoms with Gasteiger partial charge in [0.1, 0.15) is 4.88 Å². The van der Waals surface area contributed by atoms with Crippen molar-refractivity contribution in [3.8, 4) is 0 Å². The zero-order valence-electron chi connectivity index (χ0n) is 12.6. The van der Waals surface area contributed by atoms with Crippen LogP contribution in [0.2, 0.25) is 0 Å². The van der Waals surface area contributed by atoms with E-state index >= 15 is 0 Å². The normalized spacial score (nSPS) is 11.2. The molecule has 2 aromatic heterocycles. The summed E-state index contributed by atoms with van der Waals surface area (Å²) >= 11 is 1.40. The molecule has 0 bridgehead atoms. The SMILES string of the molecule is COCCN(CC(C)C)C(=O)c1sc2cnccc2c1N. The molecular weight excluding hydrogens is 286 g/mol. The number of ether oxygens (including phenoxy) is 1. The van der Waals surface area contributed by atoms with Crippen LogP contribution >= 0.6 is 11.3 Å². The highest BCUT2D eigenvalue weighted by Gasteiger charge is 2.22. The van der Waals surface area contributed by atoms with Crippen molar-refractivity contribution in [2.24, 2.45) is 5.92 Å². The molecule has 0 saturated carbocycles. The number of pyridine rings is 1. The van der Waals surface area contributed by atoms with Gasteiger partial charge in [-0.25, -0.2) is 0 Å². The molecule has 0 unspecified atom stereocenters. The van der Waals surface area contributed by atoms with Gasteiger partial charge in [-0.2, -0.15) is 0 Å². The maximum absolute atomic E-state index is 12.8. The van der Waals surface area contributed by atoms with Gasteiger partial charge < -0.3 is 15.4 Å². The minimum Gasteiger partial charge on any atom is -0.397 e. The second-order valence-corrected chi connectivity index (χ2v) is 6.41. The molecule has 0 atom stereocenters. The summed E-state index contributed by atoms with van der Waals surface area (Å²) in [4.78, 5) is 19.2. The van der Waals surface area contributed by atoms with Crippen LogP contribution in [0.1, 0.15) is 23.5 Å². The number of carbonyl (C=O) groups excluding carboxylic acids is 1. The Bertz CT molecular complexity index is 624. The summed E-state index contributed by atoms with van der Waals surface area (Å²) in [5, 5.41) is 0.898. The molecular formula is C15H21N3O2S. The van der Waals surface area contributed by atoms with Crippen LogP contribution in [-0.4, -0.2) is 42.6 Å². The highest BCUT2D eigenvalue weighted by molar-refractivity contribution is 7.21. The molecule has 0 spiro atoms. The summed E-state index contributed by atoms with van der Waals surface area (Å²) in [5.74, 6) is 0.363. The molecule has 0 radical (unpaired) electrons. The fourth-order valence-electron chi connectivity index (χ4n) is 2.19. The minimum atomic E-state index is -0.0283. The molecule has 1 amide bonds. The first kappa shape index (κ1) is 15.7. The second kappa shape index (κ2) is 6.87. The monoisotopic (exact) mass is 307 g/mol. The largest absolute Gasteiger partial charge is 0.397 e. The number of thiophene rings is 1. The van der Waals surface area contributed by atoms with E-state index in [1.807, 2.05) is 11.0 Å². The summed E-state index contributed by atoms with van der Waals surface area (Å²) in [5.41, 5.74) is 6.69. The maximum Gasteiger partial charge on any atom is 0.266 e. The lowest BCUT2D eigenvalue weighted by molar-refractivity contribution is 0.0678. The molecule has 2 rings (SSSR count). The van der Waals surface area contributed by atoms with Crippen molar-refractivity contribution < 1.29 is 9.53 Å². The Morgan fingerprint density at radius 2 is 2.29 bits per heavy atom. The Balaban J connectivity index is 2.31. The number of methoxy groups -OCH3 is 1. The standard InChI is InChI=1S/C15H21N3O2S/c1-10(2)9-18(6-7-20-3)15(19)14-13(16)11-4-5-17-8-12(11)21-14/h4-5,8,10H,6-7,9,16H2,1-3H3. The number of fused-ring (bicyclic) bond motifs is 1. The number of anilines is 1. The van der Waals surface area contributed by atoms with Gasteiger partial charge in [0.05, 0.1) is 17.0 Å². The van der Waals surface area contributed by atoms with Crippen molar-refractivity contribution >= 4 is 33.0 Å². The molecule has 6 heteroatoms. The van der Waals surface area contributed by atoms with Crippen molar-refractivity contribution in [3.05, 3.63) is 23.3 Å². The van der Waals surface area contributed by atoms with E-state index in [-0.39, 0.29) is 5.91 Å². The fraction of sp³-hybridized carbons (Fsp3) is 0.467. The van der Waals surface area contributed by atoms with Gasteiger partial charge in [0.25, 0.3) is 5.91 Å². The average Bonchev–Trinajstić information content (AvgIpc) is 2.80. The first-order chi connectivity index (χ1) is 10.0. The highest BCUT2D eigenvalue weighted by Crippen LogP contribution is 2.33. The van der Waals surface area contributed by atoms with E-state index in [0.717, 1.165) is 10.1 Å². The molecule has 5 nitrogen and oxygen atoms in total. The van der Waals surface area contributed by atoms with Crippen LogP contribution in [0, 0.1) is 5.92 Å². The van der Waals surface area contributed by atoms with Crippen molar-refractivity contribution in [1.82, 2.24) is 9.88 Å². The van der Waals surface area contributed by atoms with Gasteiger partial charge in [0, 0.05) is 38.0 Å². The average molecular weight is 307 g/mol. The number of amides is 1. The van der Waals surface area contributed by atoms with Gasteiger partial charge in [0.15, 0.2) is 0 Å². The summed E-state index contributed by atoms with van der Waals surface area (Å²) in [6, 6.07) is 1.85. The predicted octanol–water partition coefficient (Wildman–Crippen LogP) is 2.62. The minimum absolute atomic E-state index is 0.0283. The molecule has 2 aromatic rings. The topological polar surface area (TPSA) is 68.5 Å². The Morgan fingerprint density at radius 1 is 1.52 bits per heavy atom. The maximum atomic E-state index is 12.8. The van der Waals surface area contributed by atoms with Gasteiger partial charge in [-0.3, -0.25) is 9.78 Å². The van der Waals surface area contributed by atoms with Gasteiger partial charge in [0.2, 0.25) is 0 Å². The molecule has 2 N–H and O–H groups in total. The van der Waals surface area contributed by atoms with Crippen LogP contribution in [0.4, 0.5) is 5.69 Å². The number of hydrogen-bond donors (Lipinski definition) is 1. The number of nitrogen functional groups attached to an aromatic ring is 1. The van der Waals surface area contributed by atoms with Crippen LogP contribution < -0.4 is 5.73 Å². The highest BCUT2D eigenvalue weighted by atomic mass is 32.1. The number of hydrogen-bond acceptors (Lipinski definition) is 5. The van der Waals surface area contributed by atoms with E-state index in [4.69, 9.17) is 10.5 Å². The van der Waals surface area contributed by atoms with E-state index in [9.17, 15) is 4.79 Å². The fourth-order valence-corrected chi connectivity index (χ4v) is 3.25. The van der Waals surface area contributed by atoms with Gasteiger partial charge in [-0.1, -0.05) is 13.8 Å². The second-order valence-electron chi connectivity index (χ2n) is 5.35. The Morgan fingerprint density at radius 3 is 2.90 bits per heavy atom. The molecule has 114 valence electrons. The van der Waals surface area contributed by atoms with Crippen molar-refractivity contribution in [2.45, 2.75) is 13.8 Å². The third kappa shape index (κ3) is 3.51. The lowest BCUT2D eigenvalue weighted by atomic mass is 10.2. The Hall–Kier alpha value is -1.66. The zero-order valence-corrected chi connectivity index (χ0v) is 13.4. The van der Waals surface area contributed by atoms with Gasteiger partial charge >= 0.3 is 0 Å². The smallest absolute Gasteiger partial charge is 0.266 e. The predicted molar refractivity (Wildman–Crippen MR) is 86.6 cm³/mol. The number of carbonyl (C=O) groups is 1. The van der Waals surface area contributed by atoms with Crippen LogP contribution in [-0.2, 0) is 4.74 Å². The zero-order chi connectivity index (χ0) is 15.4. The van der Waals surface area contributed by atoms with Gasteiger partial charge in [-0.15, -0.1) is 11.3 Å². The molecule has 2 heterocycles. The lowest BCUT2D eigenvalue weighted by Gasteiger charge is -2.24. The Kier molecular flexibility index (Phi) is 5.14. The molecule has 0 aliphatic carbocycles. The van der Waals surface area contributed by atoms with E-state index in [1.54, 1.807) is 19.5 Å². The summed E-state index contributed by atoms with van der Waals surface area (Å²) < 4.78 is 6.04. The van der Waals surface area contributed by atoms with Crippen molar-refractivity contribution in [2.75, 3.05) is 32.5 Å². The summed E-state index contributed by atoms with van der Waals surface area (Å²) in [6.07, 6.45) is 3.44. The summed E-state index contributed by atoms with van der Waals surface area (Å²) in [7, 11) is 1.64. The first-order valence-corrected chi connectivity index (χ1v) is 7.76. The quantitative estimate of drug-likeness (QED) is 0.890. The van der Waals surface area contributed by atoms with E-state index in [2.05, 4.69) is 18.8 Å². The molecule has 0 aliphatic heterocycles. The van der Waals surface area contributed by atoms with Crippen molar-refractivity contribution in [3.63, 3.8) is 0 Å². The van der Waals surface area contributed by atoms with E-state index < -0.39 is 0 Å². The van der Waals surface area contributed by atoms with Crippen LogP contribution in [0.3, 0.4) is 0 Å². The van der Waals surface area contributed by atoms with E-state index in [1.165, 1.54) is 11.3 Å². The number of aromatic nitrogens is 1. The van der Waals surface area contributed by atoms with E-state index in [0.29, 0.717) is 36.2 Å². The third-order valence-electron chi connectivity index (χ3n) is 3.16. The van der Waals surface area contributed by atoms with Crippen LogP contribution in [0.15, 0.2) is 18.5 Å². The molecule has 0 fully saturated rings. The first-order valence-electron chi connectivity index (χ1n) is 6.94. The van der Waals surface area contributed by atoms with Crippen LogP contribution in [0.25, 0.3) is 10.1 Å². The van der Waals surface area contributed by atoms with Crippen molar-refractivity contribution in [1.29, 1.82) is 0 Å². The van der Waals surface area contributed by atoms with Gasteiger partial charge in [-0.05, 0) is 12.0 Å². The number of nitrogens with zero attached hydrogens (tertiary/aromatic N) is 2.